The van der Waals surface area contributed by atoms with Crippen molar-refractivity contribution in [3.63, 3.8) is 0 Å². The first-order valence-corrected chi connectivity index (χ1v) is 5.05. The summed E-state index contributed by atoms with van der Waals surface area (Å²) in [6, 6.07) is 4.12. The quantitative estimate of drug-likeness (QED) is 0.729. The van der Waals surface area contributed by atoms with Crippen LogP contribution in [0.4, 0.5) is 0 Å². The summed E-state index contributed by atoms with van der Waals surface area (Å²) in [5.74, 6) is 0.917. The average Bonchev–Trinajstić information content (AvgIpc) is 2.48. The second kappa shape index (κ2) is 3.18. The molecule has 68 valence electrons. The van der Waals surface area contributed by atoms with Gasteiger partial charge in [0.15, 0.2) is 0 Å². The summed E-state index contributed by atoms with van der Waals surface area (Å²) < 4.78 is 6.36. The van der Waals surface area contributed by atoms with Gasteiger partial charge in [0, 0.05) is 4.47 Å². The highest BCUT2D eigenvalue weighted by atomic mass is 79.9. The first kappa shape index (κ1) is 8.82. The molecule has 0 fully saturated rings. The molecular weight excluding hydrogens is 228 g/mol. The first-order chi connectivity index (χ1) is 6.22. The fraction of sp³-hybridized carbons (Fsp3) is 0.273. The molecule has 1 aromatic rings. The molecule has 13 heavy (non-hydrogen) atoms. The predicted octanol–water partition coefficient (Wildman–Crippen LogP) is 3.42. The van der Waals surface area contributed by atoms with Crippen molar-refractivity contribution in [3.8, 4) is 5.75 Å². The van der Waals surface area contributed by atoms with Gasteiger partial charge in [0.1, 0.15) is 5.75 Å². The Morgan fingerprint density at radius 3 is 2.85 bits per heavy atom. The minimum atomic E-state index is 0.917. The van der Waals surface area contributed by atoms with Gasteiger partial charge >= 0.3 is 0 Å². The smallest absolute Gasteiger partial charge is 0.120 e. The molecule has 1 nitrogen and oxygen atoms in total. The number of halogens is 1. The van der Waals surface area contributed by atoms with Crippen LogP contribution in [0.15, 0.2) is 22.7 Å². The number of methoxy groups -OCH3 is 1. The third-order valence-corrected chi connectivity index (χ3v) is 3.15. The first-order valence-electron chi connectivity index (χ1n) is 4.26. The fourth-order valence-electron chi connectivity index (χ4n) is 1.65. The van der Waals surface area contributed by atoms with Gasteiger partial charge in [-0.15, -0.1) is 0 Å². The Hall–Kier alpha value is -0.760. The SMILES string of the molecule is COc1cc(Br)c2c(c1)C(C)=CC2. The molecule has 0 amide bonds. The normalized spacial score (nSPS) is 13.9. The lowest BCUT2D eigenvalue weighted by Crippen LogP contribution is -1.89. The lowest BCUT2D eigenvalue weighted by atomic mass is 10.1. The summed E-state index contributed by atoms with van der Waals surface area (Å²) in [4.78, 5) is 0. The van der Waals surface area contributed by atoms with E-state index in [-0.39, 0.29) is 0 Å². The molecule has 0 saturated carbocycles. The summed E-state index contributed by atoms with van der Waals surface area (Å²) >= 11 is 3.55. The summed E-state index contributed by atoms with van der Waals surface area (Å²) in [7, 11) is 1.70. The van der Waals surface area contributed by atoms with Crippen LogP contribution >= 0.6 is 15.9 Å². The largest absolute Gasteiger partial charge is 0.497 e. The highest BCUT2D eigenvalue weighted by Gasteiger charge is 2.14. The number of ether oxygens (including phenoxy) is 1. The van der Waals surface area contributed by atoms with Crippen molar-refractivity contribution < 1.29 is 4.74 Å². The van der Waals surface area contributed by atoms with Crippen LogP contribution in [-0.4, -0.2) is 7.11 Å². The van der Waals surface area contributed by atoms with Crippen molar-refractivity contribution >= 4 is 21.5 Å². The second-order valence-corrected chi connectivity index (χ2v) is 4.08. The zero-order chi connectivity index (χ0) is 9.42. The molecule has 1 aliphatic rings. The van der Waals surface area contributed by atoms with E-state index in [1.165, 1.54) is 16.7 Å². The fourth-order valence-corrected chi connectivity index (χ4v) is 2.26. The summed E-state index contributed by atoms with van der Waals surface area (Å²) in [6.45, 7) is 2.14. The van der Waals surface area contributed by atoms with Gasteiger partial charge in [0.05, 0.1) is 7.11 Å². The summed E-state index contributed by atoms with van der Waals surface area (Å²) in [5, 5.41) is 0. The topological polar surface area (TPSA) is 9.23 Å². The maximum Gasteiger partial charge on any atom is 0.120 e. The Morgan fingerprint density at radius 2 is 2.15 bits per heavy atom. The summed E-state index contributed by atoms with van der Waals surface area (Å²) in [6.07, 6.45) is 3.28. The Kier molecular flexibility index (Phi) is 2.16. The lowest BCUT2D eigenvalue weighted by Gasteiger charge is -2.07. The van der Waals surface area contributed by atoms with Gasteiger partial charge in [-0.3, -0.25) is 0 Å². The van der Waals surface area contributed by atoms with Gasteiger partial charge in [-0.1, -0.05) is 22.0 Å². The van der Waals surface area contributed by atoms with Crippen LogP contribution in [0.2, 0.25) is 0 Å². The van der Waals surface area contributed by atoms with E-state index < -0.39 is 0 Å². The third kappa shape index (κ3) is 1.39. The number of benzene rings is 1. The highest BCUT2D eigenvalue weighted by Crippen LogP contribution is 2.35. The zero-order valence-corrected chi connectivity index (χ0v) is 9.31. The Balaban J connectivity index is 2.59. The minimum Gasteiger partial charge on any atom is -0.497 e. The van der Waals surface area contributed by atoms with Crippen molar-refractivity contribution in [1.29, 1.82) is 0 Å². The molecule has 0 bridgehead atoms. The minimum absolute atomic E-state index is 0.917. The Morgan fingerprint density at radius 1 is 1.38 bits per heavy atom. The molecule has 0 spiro atoms. The van der Waals surface area contributed by atoms with Gasteiger partial charge in [-0.2, -0.15) is 0 Å². The number of hydrogen-bond acceptors (Lipinski definition) is 1. The molecule has 2 heteroatoms. The number of fused-ring (bicyclic) bond motifs is 1. The molecule has 0 radical (unpaired) electrons. The van der Waals surface area contributed by atoms with E-state index in [2.05, 4.69) is 35.0 Å². The van der Waals surface area contributed by atoms with Gasteiger partial charge in [0.25, 0.3) is 0 Å². The van der Waals surface area contributed by atoms with Gasteiger partial charge in [0.2, 0.25) is 0 Å². The molecule has 1 aromatic carbocycles. The maximum absolute atomic E-state index is 5.21. The maximum atomic E-state index is 5.21. The molecule has 0 aromatic heterocycles. The monoisotopic (exact) mass is 238 g/mol. The highest BCUT2D eigenvalue weighted by molar-refractivity contribution is 9.10. The standard InChI is InChI=1S/C11H11BrO/c1-7-3-4-9-10(7)5-8(13-2)6-11(9)12/h3,5-6H,4H2,1-2H3. The van der Waals surface area contributed by atoms with Crippen LogP contribution in [0, 0.1) is 0 Å². The number of rotatable bonds is 1. The lowest BCUT2D eigenvalue weighted by molar-refractivity contribution is 0.414. The molecule has 0 heterocycles. The van der Waals surface area contributed by atoms with Crippen molar-refractivity contribution in [2.45, 2.75) is 13.3 Å². The van der Waals surface area contributed by atoms with Crippen LogP contribution in [0.1, 0.15) is 18.1 Å². The molecule has 0 unspecified atom stereocenters. The van der Waals surface area contributed by atoms with E-state index in [1.54, 1.807) is 7.11 Å². The van der Waals surface area contributed by atoms with E-state index in [1.807, 2.05) is 6.07 Å². The van der Waals surface area contributed by atoms with Crippen molar-refractivity contribution in [3.05, 3.63) is 33.8 Å². The third-order valence-electron chi connectivity index (χ3n) is 2.44. The van der Waals surface area contributed by atoms with Crippen molar-refractivity contribution in [1.82, 2.24) is 0 Å². The molecule has 1 aliphatic carbocycles. The Labute approximate surface area is 86.5 Å². The molecule has 0 saturated heterocycles. The molecule has 0 aliphatic heterocycles. The second-order valence-electron chi connectivity index (χ2n) is 3.23. The molecule has 2 rings (SSSR count). The Bertz CT molecular complexity index is 380. The van der Waals surface area contributed by atoms with Gasteiger partial charge in [-0.05, 0) is 42.2 Å². The van der Waals surface area contributed by atoms with Crippen LogP contribution < -0.4 is 4.74 Å². The zero-order valence-electron chi connectivity index (χ0n) is 7.73. The number of hydrogen-bond donors (Lipinski definition) is 0. The average molecular weight is 239 g/mol. The van der Waals surface area contributed by atoms with Crippen LogP contribution in [0.25, 0.3) is 5.57 Å². The van der Waals surface area contributed by atoms with E-state index in [4.69, 9.17) is 4.74 Å². The van der Waals surface area contributed by atoms with Gasteiger partial charge in [-0.25, -0.2) is 0 Å². The predicted molar refractivity (Wildman–Crippen MR) is 58.0 cm³/mol. The van der Waals surface area contributed by atoms with E-state index in [0.717, 1.165) is 16.6 Å². The molecule has 0 N–H and O–H groups in total. The van der Waals surface area contributed by atoms with E-state index in [9.17, 15) is 0 Å². The van der Waals surface area contributed by atoms with E-state index in [0.29, 0.717) is 0 Å². The van der Waals surface area contributed by atoms with E-state index >= 15 is 0 Å². The summed E-state index contributed by atoms with van der Waals surface area (Å²) in [5.41, 5.74) is 4.03. The number of allylic oxidation sites excluding steroid dienone is 2. The van der Waals surface area contributed by atoms with Crippen molar-refractivity contribution in [2.24, 2.45) is 0 Å². The van der Waals surface area contributed by atoms with Crippen molar-refractivity contribution in [2.75, 3.05) is 7.11 Å². The van der Waals surface area contributed by atoms with Crippen LogP contribution in [0.3, 0.4) is 0 Å². The van der Waals surface area contributed by atoms with Crippen LogP contribution in [0.5, 0.6) is 5.75 Å². The molecular formula is C11H11BrO. The van der Waals surface area contributed by atoms with Crippen LogP contribution in [-0.2, 0) is 6.42 Å². The van der Waals surface area contributed by atoms with Gasteiger partial charge < -0.3 is 4.74 Å². The molecule has 0 atom stereocenters.